The van der Waals surface area contributed by atoms with Crippen molar-refractivity contribution in [2.45, 2.75) is 12.5 Å². The molecule has 5 N–H and O–H groups in total. The normalized spacial score (nSPS) is 11.2. The third-order valence-corrected chi connectivity index (χ3v) is 2.50. The first-order valence-electron chi connectivity index (χ1n) is 6.04. The molecule has 0 heterocycles. The fourth-order valence-electron chi connectivity index (χ4n) is 1.49. The quantitative estimate of drug-likeness (QED) is 0.503. The summed E-state index contributed by atoms with van der Waals surface area (Å²) in [6, 6.07) is 6.92. The van der Waals surface area contributed by atoms with Gasteiger partial charge in [0.1, 0.15) is 6.04 Å². The molecule has 0 saturated carbocycles. The summed E-state index contributed by atoms with van der Waals surface area (Å²) < 4.78 is 0. The van der Waals surface area contributed by atoms with Gasteiger partial charge in [-0.05, 0) is 12.1 Å². The number of amides is 3. The van der Waals surface area contributed by atoms with Crippen LogP contribution in [0, 0.1) is 0 Å². The van der Waals surface area contributed by atoms with Gasteiger partial charge in [-0.1, -0.05) is 18.2 Å². The van der Waals surface area contributed by atoms with Gasteiger partial charge in [-0.2, -0.15) is 0 Å². The van der Waals surface area contributed by atoms with Crippen molar-refractivity contribution in [1.82, 2.24) is 10.6 Å². The van der Waals surface area contributed by atoms with E-state index in [1.165, 1.54) is 0 Å². The molecule has 1 atom stereocenters. The molecule has 112 valence electrons. The monoisotopic (exact) mass is 293 g/mol. The number of nitrogens with two attached hydrogens (primary N) is 1. The molecular weight excluding hydrogens is 278 g/mol. The predicted molar refractivity (Wildman–Crippen MR) is 72.2 cm³/mol. The first kappa shape index (κ1) is 16.2. The van der Waals surface area contributed by atoms with Crippen molar-refractivity contribution in [3.8, 4) is 0 Å². The van der Waals surface area contributed by atoms with Crippen molar-refractivity contribution >= 4 is 23.7 Å². The number of hydrogen-bond acceptors (Lipinski definition) is 4. The molecular formula is C13H15N3O5. The molecule has 1 aromatic carbocycles. The fraction of sp³-hybridized carbons (Fsp3) is 0.231. The highest BCUT2D eigenvalue weighted by Crippen LogP contribution is 1.97. The standard InChI is InChI=1S/C13H15N3O5/c14-12(20)9(6-11(18)19)16-10(17)7-15-13(21)8-4-2-1-3-5-8/h1-5,9H,6-7H2,(H2,14,20)(H,15,21)(H,16,17)(H,18,19)/t9-/m1/s1. The summed E-state index contributed by atoms with van der Waals surface area (Å²) in [5, 5.41) is 13.1. The number of carbonyl (C=O) groups is 4. The van der Waals surface area contributed by atoms with E-state index in [9.17, 15) is 19.2 Å². The van der Waals surface area contributed by atoms with Gasteiger partial charge in [0, 0.05) is 5.56 Å². The average molecular weight is 293 g/mol. The summed E-state index contributed by atoms with van der Waals surface area (Å²) in [7, 11) is 0. The number of carboxylic acid groups (broad SMARTS) is 1. The minimum absolute atomic E-state index is 0.377. The number of benzene rings is 1. The van der Waals surface area contributed by atoms with Crippen LogP contribution in [0.5, 0.6) is 0 Å². The maximum Gasteiger partial charge on any atom is 0.305 e. The first-order chi connectivity index (χ1) is 9.90. The Morgan fingerprint density at radius 2 is 1.76 bits per heavy atom. The molecule has 21 heavy (non-hydrogen) atoms. The van der Waals surface area contributed by atoms with Crippen LogP contribution in [-0.2, 0) is 14.4 Å². The molecule has 0 aliphatic rings. The number of rotatable bonds is 7. The topological polar surface area (TPSA) is 139 Å². The minimum Gasteiger partial charge on any atom is -0.481 e. The van der Waals surface area contributed by atoms with Gasteiger partial charge >= 0.3 is 5.97 Å². The van der Waals surface area contributed by atoms with Crippen molar-refractivity contribution < 1.29 is 24.3 Å². The number of hydrogen-bond donors (Lipinski definition) is 4. The van der Waals surface area contributed by atoms with Crippen molar-refractivity contribution in [3.63, 3.8) is 0 Å². The summed E-state index contributed by atoms with van der Waals surface area (Å²) in [5.41, 5.74) is 5.35. The molecule has 1 aromatic rings. The van der Waals surface area contributed by atoms with Gasteiger partial charge in [-0.15, -0.1) is 0 Å². The van der Waals surface area contributed by atoms with Crippen LogP contribution in [0.4, 0.5) is 0 Å². The Morgan fingerprint density at radius 1 is 1.14 bits per heavy atom. The zero-order valence-electron chi connectivity index (χ0n) is 11.0. The number of primary amides is 1. The van der Waals surface area contributed by atoms with Crippen molar-refractivity contribution in [2.24, 2.45) is 5.73 Å². The Morgan fingerprint density at radius 3 is 2.29 bits per heavy atom. The smallest absolute Gasteiger partial charge is 0.305 e. The highest BCUT2D eigenvalue weighted by Gasteiger charge is 2.21. The average Bonchev–Trinajstić information content (AvgIpc) is 2.44. The molecule has 1 rings (SSSR count). The van der Waals surface area contributed by atoms with E-state index in [1.807, 2.05) is 0 Å². The summed E-state index contributed by atoms with van der Waals surface area (Å²) in [4.78, 5) is 44.7. The van der Waals surface area contributed by atoms with E-state index in [4.69, 9.17) is 10.8 Å². The highest BCUT2D eigenvalue weighted by atomic mass is 16.4. The maximum absolute atomic E-state index is 11.7. The second kappa shape index (κ2) is 7.63. The maximum atomic E-state index is 11.7. The van der Waals surface area contributed by atoms with Gasteiger partial charge in [0.15, 0.2) is 0 Å². The lowest BCUT2D eigenvalue weighted by molar-refractivity contribution is -0.140. The van der Waals surface area contributed by atoms with Crippen LogP contribution in [0.15, 0.2) is 30.3 Å². The van der Waals surface area contributed by atoms with Crippen LogP contribution >= 0.6 is 0 Å². The molecule has 0 aliphatic carbocycles. The van der Waals surface area contributed by atoms with Crippen molar-refractivity contribution in [2.75, 3.05) is 6.54 Å². The van der Waals surface area contributed by atoms with Gasteiger partial charge in [-0.3, -0.25) is 19.2 Å². The van der Waals surface area contributed by atoms with E-state index < -0.39 is 42.7 Å². The van der Waals surface area contributed by atoms with Crippen LogP contribution in [0.3, 0.4) is 0 Å². The summed E-state index contributed by atoms with van der Waals surface area (Å²) in [5.74, 6) is -3.39. The number of carboxylic acids is 1. The molecule has 8 heteroatoms. The van der Waals surface area contributed by atoms with Crippen LogP contribution in [0.2, 0.25) is 0 Å². The highest BCUT2D eigenvalue weighted by molar-refractivity contribution is 5.97. The van der Waals surface area contributed by atoms with Crippen LogP contribution in [0.1, 0.15) is 16.8 Å². The van der Waals surface area contributed by atoms with E-state index >= 15 is 0 Å². The lowest BCUT2D eigenvalue weighted by Crippen LogP contribution is -2.48. The molecule has 8 nitrogen and oxygen atoms in total. The fourth-order valence-corrected chi connectivity index (χ4v) is 1.49. The lowest BCUT2D eigenvalue weighted by atomic mass is 10.2. The summed E-state index contributed by atoms with van der Waals surface area (Å²) >= 11 is 0. The number of carbonyl (C=O) groups excluding carboxylic acids is 3. The van der Waals surface area contributed by atoms with E-state index in [1.54, 1.807) is 30.3 Å². The molecule has 0 fully saturated rings. The van der Waals surface area contributed by atoms with Gasteiger partial charge < -0.3 is 21.5 Å². The van der Waals surface area contributed by atoms with E-state index in [0.29, 0.717) is 5.56 Å². The first-order valence-corrected chi connectivity index (χ1v) is 6.04. The van der Waals surface area contributed by atoms with Crippen LogP contribution in [0.25, 0.3) is 0 Å². The minimum atomic E-state index is -1.32. The number of aliphatic carboxylic acids is 1. The van der Waals surface area contributed by atoms with E-state index in [-0.39, 0.29) is 0 Å². The Balaban J connectivity index is 2.48. The Kier molecular flexibility index (Phi) is 5.87. The molecule has 0 spiro atoms. The van der Waals surface area contributed by atoms with Gasteiger partial charge in [0.05, 0.1) is 13.0 Å². The molecule has 3 amide bonds. The summed E-state index contributed by atoms with van der Waals surface area (Å²) in [6.07, 6.45) is -0.617. The molecule has 0 aliphatic heterocycles. The molecule has 0 saturated heterocycles. The van der Waals surface area contributed by atoms with Gasteiger partial charge in [-0.25, -0.2) is 0 Å². The third-order valence-electron chi connectivity index (χ3n) is 2.50. The zero-order valence-corrected chi connectivity index (χ0v) is 11.0. The second-order valence-electron chi connectivity index (χ2n) is 4.17. The molecule has 0 bridgehead atoms. The lowest BCUT2D eigenvalue weighted by Gasteiger charge is -2.13. The van der Waals surface area contributed by atoms with Gasteiger partial charge in [0.25, 0.3) is 5.91 Å². The van der Waals surface area contributed by atoms with Crippen molar-refractivity contribution in [3.05, 3.63) is 35.9 Å². The van der Waals surface area contributed by atoms with Crippen LogP contribution < -0.4 is 16.4 Å². The van der Waals surface area contributed by atoms with E-state index in [0.717, 1.165) is 0 Å². The largest absolute Gasteiger partial charge is 0.481 e. The van der Waals surface area contributed by atoms with E-state index in [2.05, 4.69) is 10.6 Å². The SMILES string of the molecule is NC(=O)[C@@H](CC(=O)O)NC(=O)CNC(=O)c1ccccc1. The molecule has 0 unspecified atom stereocenters. The summed E-state index contributed by atoms with van der Waals surface area (Å²) in [6.45, 7) is -0.392. The Labute approximate surface area is 120 Å². The second-order valence-corrected chi connectivity index (χ2v) is 4.17. The van der Waals surface area contributed by atoms with Crippen LogP contribution in [-0.4, -0.2) is 41.4 Å². The van der Waals surface area contributed by atoms with Crippen molar-refractivity contribution in [1.29, 1.82) is 0 Å². The predicted octanol–water partition coefficient (Wildman–Crippen LogP) is -1.14. The van der Waals surface area contributed by atoms with Gasteiger partial charge in [0.2, 0.25) is 11.8 Å². The zero-order chi connectivity index (χ0) is 15.8. The number of nitrogens with one attached hydrogen (secondary N) is 2. The Hall–Kier alpha value is -2.90. The third kappa shape index (κ3) is 5.72. The molecule has 0 aromatic heterocycles. The Bertz CT molecular complexity index is 544. The molecule has 0 radical (unpaired) electrons.